The van der Waals surface area contributed by atoms with Gasteiger partial charge in [-0.15, -0.1) is 0 Å². The monoisotopic (exact) mass is 188 g/mol. The minimum absolute atomic E-state index is 0.337. The van der Waals surface area contributed by atoms with Crippen molar-refractivity contribution in [3.05, 3.63) is 0 Å². The molecule has 13 heavy (non-hydrogen) atoms. The molecule has 0 aromatic heterocycles. The van der Waals surface area contributed by atoms with Crippen molar-refractivity contribution in [2.75, 3.05) is 32.7 Å². The number of hydrogen-bond acceptors (Lipinski definition) is 3. The van der Waals surface area contributed by atoms with Crippen LogP contribution in [0.3, 0.4) is 0 Å². The van der Waals surface area contributed by atoms with Crippen molar-refractivity contribution in [2.24, 2.45) is 0 Å². The van der Waals surface area contributed by atoms with Gasteiger partial charge in [0.1, 0.15) is 0 Å². The third kappa shape index (κ3) is 3.20. The van der Waals surface area contributed by atoms with Crippen LogP contribution in [0.4, 0.5) is 4.79 Å². The zero-order chi connectivity index (χ0) is 9.84. The van der Waals surface area contributed by atoms with E-state index in [1.807, 2.05) is 0 Å². The highest BCUT2D eigenvalue weighted by Gasteiger charge is 2.20. The van der Waals surface area contributed by atoms with Crippen LogP contribution < -0.4 is 0 Å². The number of rotatable bonds is 2. The standard InChI is InChI=1S/C8H16N2O3/c1-7(11)6-9-2-4-10(5-3-9)8(12)13/h7,11H,2-6H2,1H3,(H,12,13). The van der Waals surface area contributed by atoms with Gasteiger partial charge in [0.05, 0.1) is 6.10 Å². The molecule has 1 aliphatic heterocycles. The Bertz CT molecular complexity index is 176. The van der Waals surface area contributed by atoms with Crippen molar-refractivity contribution in [2.45, 2.75) is 13.0 Å². The molecule has 5 nitrogen and oxygen atoms in total. The molecule has 5 heteroatoms. The minimum Gasteiger partial charge on any atom is -0.465 e. The number of carboxylic acid groups (broad SMARTS) is 1. The molecule has 76 valence electrons. The van der Waals surface area contributed by atoms with E-state index in [4.69, 9.17) is 10.2 Å². The highest BCUT2D eigenvalue weighted by Crippen LogP contribution is 2.02. The lowest BCUT2D eigenvalue weighted by molar-refractivity contribution is 0.0762. The number of carbonyl (C=O) groups is 1. The summed E-state index contributed by atoms with van der Waals surface area (Å²) in [6.45, 7) is 4.90. The van der Waals surface area contributed by atoms with Gasteiger partial charge >= 0.3 is 6.09 Å². The highest BCUT2D eigenvalue weighted by molar-refractivity contribution is 5.65. The van der Waals surface area contributed by atoms with Gasteiger partial charge < -0.3 is 15.1 Å². The summed E-state index contributed by atoms with van der Waals surface area (Å²) in [5, 5.41) is 17.8. The number of aliphatic hydroxyl groups excluding tert-OH is 1. The number of amides is 1. The van der Waals surface area contributed by atoms with Gasteiger partial charge in [0.15, 0.2) is 0 Å². The van der Waals surface area contributed by atoms with E-state index in [9.17, 15) is 4.79 Å². The molecular formula is C8H16N2O3. The fourth-order valence-electron chi connectivity index (χ4n) is 1.50. The van der Waals surface area contributed by atoms with E-state index in [0.29, 0.717) is 19.6 Å². The van der Waals surface area contributed by atoms with Gasteiger partial charge in [-0.2, -0.15) is 0 Å². The molecule has 1 fully saturated rings. The quantitative estimate of drug-likeness (QED) is 0.622. The van der Waals surface area contributed by atoms with Gasteiger partial charge in [-0.05, 0) is 6.92 Å². The van der Waals surface area contributed by atoms with Gasteiger partial charge in [0.25, 0.3) is 0 Å². The molecule has 2 N–H and O–H groups in total. The van der Waals surface area contributed by atoms with Crippen LogP contribution in [-0.4, -0.2) is 64.9 Å². The van der Waals surface area contributed by atoms with E-state index in [0.717, 1.165) is 13.1 Å². The fraction of sp³-hybridized carbons (Fsp3) is 0.875. The second-order valence-corrected chi connectivity index (χ2v) is 3.42. The summed E-state index contributed by atoms with van der Waals surface area (Å²) < 4.78 is 0. The molecule has 0 saturated carbocycles. The van der Waals surface area contributed by atoms with Crippen molar-refractivity contribution in [1.82, 2.24) is 9.80 Å². The number of piperazine rings is 1. The Kier molecular flexibility index (Phi) is 3.50. The fourth-order valence-corrected chi connectivity index (χ4v) is 1.50. The molecule has 1 amide bonds. The van der Waals surface area contributed by atoms with Crippen LogP contribution in [0.25, 0.3) is 0 Å². The molecule has 1 saturated heterocycles. The zero-order valence-corrected chi connectivity index (χ0v) is 7.81. The van der Waals surface area contributed by atoms with Gasteiger partial charge in [-0.25, -0.2) is 4.79 Å². The van der Waals surface area contributed by atoms with Crippen LogP contribution in [-0.2, 0) is 0 Å². The zero-order valence-electron chi connectivity index (χ0n) is 7.81. The Morgan fingerprint density at radius 3 is 2.31 bits per heavy atom. The third-order valence-corrected chi connectivity index (χ3v) is 2.17. The number of hydrogen-bond donors (Lipinski definition) is 2. The summed E-state index contributed by atoms with van der Waals surface area (Å²) in [5.74, 6) is 0. The topological polar surface area (TPSA) is 64.0 Å². The van der Waals surface area contributed by atoms with E-state index in [2.05, 4.69) is 4.90 Å². The molecular weight excluding hydrogens is 172 g/mol. The molecule has 1 aliphatic rings. The van der Waals surface area contributed by atoms with Crippen molar-refractivity contribution in [3.63, 3.8) is 0 Å². The van der Waals surface area contributed by atoms with Gasteiger partial charge in [-0.3, -0.25) is 4.90 Å². The van der Waals surface area contributed by atoms with E-state index in [1.54, 1.807) is 6.92 Å². The Labute approximate surface area is 77.6 Å². The molecule has 0 aliphatic carbocycles. The first kappa shape index (κ1) is 10.3. The maximum absolute atomic E-state index is 10.5. The molecule has 1 heterocycles. The average molecular weight is 188 g/mol. The molecule has 1 rings (SSSR count). The van der Waals surface area contributed by atoms with Crippen LogP contribution in [0.2, 0.25) is 0 Å². The first-order chi connectivity index (χ1) is 6.09. The number of nitrogens with zero attached hydrogens (tertiary/aromatic N) is 2. The lowest BCUT2D eigenvalue weighted by atomic mass is 10.3. The van der Waals surface area contributed by atoms with E-state index in [-0.39, 0.29) is 6.10 Å². The smallest absolute Gasteiger partial charge is 0.407 e. The molecule has 0 spiro atoms. The summed E-state index contributed by atoms with van der Waals surface area (Å²) in [4.78, 5) is 14.0. The number of β-amino-alcohol motifs (C(OH)–C–C–N with tert-alkyl or cyclic N) is 1. The van der Waals surface area contributed by atoms with Crippen LogP contribution in [0.15, 0.2) is 0 Å². The number of aliphatic hydroxyl groups is 1. The summed E-state index contributed by atoms with van der Waals surface area (Å²) in [6, 6.07) is 0. The Balaban J connectivity index is 2.26. The lowest BCUT2D eigenvalue weighted by Gasteiger charge is -2.33. The maximum Gasteiger partial charge on any atom is 0.407 e. The first-order valence-corrected chi connectivity index (χ1v) is 4.48. The summed E-state index contributed by atoms with van der Waals surface area (Å²) in [6.07, 6.45) is -1.19. The van der Waals surface area contributed by atoms with Crippen LogP contribution in [0.5, 0.6) is 0 Å². The molecule has 0 aromatic rings. The molecule has 0 radical (unpaired) electrons. The van der Waals surface area contributed by atoms with E-state index >= 15 is 0 Å². The SMILES string of the molecule is CC(O)CN1CCN(C(=O)O)CC1. The maximum atomic E-state index is 10.5. The molecule has 0 bridgehead atoms. The van der Waals surface area contributed by atoms with Gasteiger partial charge in [0.2, 0.25) is 0 Å². The van der Waals surface area contributed by atoms with Crippen molar-refractivity contribution in [1.29, 1.82) is 0 Å². The molecule has 1 unspecified atom stereocenters. The largest absolute Gasteiger partial charge is 0.465 e. The predicted octanol–water partition coefficient (Wildman–Crippen LogP) is -0.337. The summed E-state index contributed by atoms with van der Waals surface area (Å²) in [7, 11) is 0. The third-order valence-electron chi connectivity index (χ3n) is 2.17. The van der Waals surface area contributed by atoms with Crippen LogP contribution >= 0.6 is 0 Å². The Morgan fingerprint density at radius 1 is 1.38 bits per heavy atom. The Hall–Kier alpha value is -0.810. The first-order valence-electron chi connectivity index (χ1n) is 4.48. The van der Waals surface area contributed by atoms with Crippen molar-refractivity contribution in [3.8, 4) is 0 Å². The second-order valence-electron chi connectivity index (χ2n) is 3.42. The molecule has 0 aromatic carbocycles. The van der Waals surface area contributed by atoms with Crippen molar-refractivity contribution >= 4 is 6.09 Å². The second kappa shape index (κ2) is 4.43. The lowest BCUT2D eigenvalue weighted by Crippen LogP contribution is -2.49. The minimum atomic E-state index is -0.850. The molecule has 1 atom stereocenters. The normalized spacial score (nSPS) is 21.5. The van der Waals surface area contributed by atoms with Gasteiger partial charge in [0, 0.05) is 32.7 Å². The van der Waals surface area contributed by atoms with E-state index < -0.39 is 6.09 Å². The van der Waals surface area contributed by atoms with Crippen molar-refractivity contribution < 1.29 is 15.0 Å². The van der Waals surface area contributed by atoms with Crippen LogP contribution in [0.1, 0.15) is 6.92 Å². The highest BCUT2D eigenvalue weighted by atomic mass is 16.4. The predicted molar refractivity (Wildman–Crippen MR) is 47.7 cm³/mol. The van der Waals surface area contributed by atoms with Gasteiger partial charge in [-0.1, -0.05) is 0 Å². The summed E-state index contributed by atoms with van der Waals surface area (Å²) in [5.41, 5.74) is 0. The average Bonchev–Trinajstić information content (AvgIpc) is 2.04. The summed E-state index contributed by atoms with van der Waals surface area (Å²) >= 11 is 0. The van der Waals surface area contributed by atoms with Crippen LogP contribution in [0, 0.1) is 0 Å². The Morgan fingerprint density at radius 2 is 1.92 bits per heavy atom. The van der Waals surface area contributed by atoms with E-state index in [1.165, 1.54) is 4.90 Å².